The Morgan fingerprint density at radius 2 is 1.95 bits per heavy atom. The Kier molecular flexibility index (Phi) is 4.76. The predicted octanol–water partition coefficient (Wildman–Crippen LogP) is 3.06. The van der Waals surface area contributed by atoms with Crippen LogP contribution in [0.3, 0.4) is 0 Å². The molecular weight excluding hydrogens is 278 g/mol. The molecule has 1 aliphatic carbocycles. The lowest BCUT2D eigenvalue weighted by Gasteiger charge is -2.44. The Morgan fingerprint density at radius 3 is 2.82 bits per heavy atom. The van der Waals surface area contributed by atoms with Crippen molar-refractivity contribution in [2.24, 2.45) is 5.92 Å². The number of aldehydes is 1. The van der Waals surface area contributed by atoms with Crippen LogP contribution in [0, 0.1) is 5.92 Å². The number of carbonyl (C=O) groups excluding carboxylic acids is 2. The summed E-state index contributed by atoms with van der Waals surface area (Å²) in [5.74, 6) is 1.22. The van der Waals surface area contributed by atoms with E-state index in [1.807, 2.05) is 11.0 Å². The van der Waals surface area contributed by atoms with Gasteiger partial charge in [0.1, 0.15) is 5.75 Å². The molecule has 1 aliphatic heterocycles. The summed E-state index contributed by atoms with van der Waals surface area (Å²) in [7, 11) is 0. The number of likely N-dealkylation sites (tertiary alicyclic amines) is 1. The van der Waals surface area contributed by atoms with E-state index in [4.69, 9.17) is 4.74 Å². The van der Waals surface area contributed by atoms with Crippen molar-refractivity contribution in [1.29, 1.82) is 0 Å². The van der Waals surface area contributed by atoms with Crippen molar-refractivity contribution in [3.8, 4) is 5.75 Å². The highest BCUT2D eigenvalue weighted by Crippen LogP contribution is 2.35. The van der Waals surface area contributed by atoms with E-state index in [0.29, 0.717) is 23.3 Å². The van der Waals surface area contributed by atoms with Crippen LogP contribution in [-0.2, 0) is 4.79 Å². The zero-order valence-electron chi connectivity index (χ0n) is 12.9. The van der Waals surface area contributed by atoms with E-state index in [9.17, 15) is 9.59 Å². The van der Waals surface area contributed by atoms with Gasteiger partial charge in [0, 0.05) is 12.6 Å². The van der Waals surface area contributed by atoms with Gasteiger partial charge in [0.25, 0.3) is 5.91 Å². The molecule has 1 heterocycles. The van der Waals surface area contributed by atoms with Gasteiger partial charge in [-0.25, -0.2) is 0 Å². The molecule has 118 valence electrons. The summed E-state index contributed by atoms with van der Waals surface area (Å²) in [6.07, 6.45) is 8.01. The van der Waals surface area contributed by atoms with Crippen molar-refractivity contribution in [2.45, 2.75) is 44.6 Å². The second-order valence-electron chi connectivity index (χ2n) is 6.29. The van der Waals surface area contributed by atoms with Gasteiger partial charge in [-0.3, -0.25) is 9.59 Å². The van der Waals surface area contributed by atoms with Gasteiger partial charge in [0.05, 0.1) is 5.56 Å². The van der Waals surface area contributed by atoms with Gasteiger partial charge in [0.2, 0.25) is 0 Å². The second kappa shape index (κ2) is 6.95. The Bertz CT molecular complexity index is 541. The Hall–Kier alpha value is -1.84. The third-order valence-electron chi connectivity index (χ3n) is 4.96. The van der Waals surface area contributed by atoms with Crippen molar-refractivity contribution >= 4 is 12.2 Å². The van der Waals surface area contributed by atoms with Gasteiger partial charge in [-0.1, -0.05) is 25.0 Å². The number of nitrogens with zero attached hydrogens (tertiary/aromatic N) is 1. The molecule has 0 spiro atoms. The summed E-state index contributed by atoms with van der Waals surface area (Å²) in [5, 5.41) is 0. The van der Waals surface area contributed by atoms with Crippen LogP contribution in [0.2, 0.25) is 0 Å². The number of hydrogen-bond donors (Lipinski definition) is 0. The van der Waals surface area contributed by atoms with Crippen LogP contribution in [0.15, 0.2) is 24.3 Å². The number of benzene rings is 1. The lowest BCUT2D eigenvalue weighted by molar-refractivity contribution is -0.139. The number of ether oxygens (including phenoxy) is 1. The molecule has 2 aliphatic rings. The first-order valence-corrected chi connectivity index (χ1v) is 8.26. The van der Waals surface area contributed by atoms with Crippen molar-refractivity contribution in [3.63, 3.8) is 0 Å². The van der Waals surface area contributed by atoms with Gasteiger partial charge in [0.15, 0.2) is 12.9 Å². The molecule has 1 amide bonds. The summed E-state index contributed by atoms with van der Waals surface area (Å²) in [4.78, 5) is 25.5. The maximum absolute atomic E-state index is 12.5. The first-order chi connectivity index (χ1) is 10.8. The van der Waals surface area contributed by atoms with E-state index in [2.05, 4.69) is 0 Å². The highest BCUT2D eigenvalue weighted by molar-refractivity contribution is 5.81. The Balaban J connectivity index is 1.62. The van der Waals surface area contributed by atoms with Crippen LogP contribution in [-0.4, -0.2) is 36.3 Å². The molecule has 0 radical (unpaired) electrons. The van der Waals surface area contributed by atoms with Crippen molar-refractivity contribution < 1.29 is 14.3 Å². The smallest absolute Gasteiger partial charge is 0.260 e. The summed E-state index contributed by atoms with van der Waals surface area (Å²) in [6.45, 7) is 0.868. The SMILES string of the molecule is O=Cc1ccccc1OCC(=O)N1CCCC2CCCCC21. The molecular formula is C18H23NO3. The third kappa shape index (κ3) is 3.16. The quantitative estimate of drug-likeness (QED) is 0.803. The molecule has 0 aromatic heterocycles. The molecule has 2 atom stereocenters. The Labute approximate surface area is 131 Å². The van der Waals surface area contributed by atoms with E-state index in [1.54, 1.807) is 18.2 Å². The summed E-state index contributed by atoms with van der Waals surface area (Å²) < 4.78 is 5.60. The minimum absolute atomic E-state index is 0.0219. The van der Waals surface area contributed by atoms with Crippen molar-refractivity contribution in [1.82, 2.24) is 4.90 Å². The maximum atomic E-state index is 12.5. The fourth-order valence-corrected chi connectivity index (χ4v) is 3.87. The summed E-state index contributed by atoms with van der Waals surface area (Å²) in [5.41, 5.74) is 0.490. The largest absolute Gasteiger partial charge is 0.483 e. The van der Waals surface area contributed by atoms with E-state index in [0.717, 1.165) is 25.7 Å². The lowest BCUT2D eigenvalue weighted by Crippen LogP contribution is -2.51. The molecule has 0 bridgehead atoms. The first kappa shape index (κ1) is 15.1. The minimum Gasteiger partial charge on any atom is -0.483 e. The van der Waals surface area contributed by atoms with Crippen LogP contribution in [0.5, 0.6) is 5.75 Å². The maximum Gasteiger partial charge on any atom is 0.260 e. The number of hydrogen-bond acceptors (Lipinski definition) is 3. The van der Waals surface area contributed by atoms with Crippen molar-refractivity contribution in [2.75, 3.05) is 13.2 Å². The fourth-order valence-electron chi connectivity index (χ4n) is 3.87. The zero-order valence-corrected chi connectivity index (χ0v) is 12.9. The molecule has 2 fully saturated rings. The fraction of sp³-hybridized carbons (Fsp3) is 0.556. The van der Waals surface area contributed by atoms with Crippen LogP contribution < -0.4 is 4.74 Å². The van der Waals surface area contributed by atoms with E-state index in [1.165, 1.54) is 25.7 Å². The molecule has 1 saturated heterocycles. The molecule has 3 rings (SSSR count). The molecule has 2 unspecified atom stereocenters. The van der Waals surface area contributed by atoms with Crippen LogP contribution in [0.1, 0.15) is 48.9 Å². The molecule has 4 nitrogen and oxygen atoms in total. The van der Waals surface area contributed by atoms with E-state index in [-0.39, 0.29) is 12.5 Å². The third-order valence-corrected chi connectivity index (χ3v) is 4.96. The number of rotatable bonds is 4. The van der Waals surface area contributed by atoms with Gasteiger partial charge >= 0.3 is 0 Å². The second-order valence-corrected chi connectivity index (χ2v) is 6.29. The van der Waals surface area contributed by atoms with Crippen LogP contribution in [0.25, 0.3) is 0 Å². The Morgan fingerprint density at radius 1 is 1.18 bits per heavy atom. The molecule has 22 heavy (non-hydrogen) atoms. The van der Waals surface area contributed by atoms with Gasteiger partial charge in [-0.2, -0.15) is 0 Å². The molecule has 4 heteroatoms. The molecule has 1 saturated carbocycles. The topological polar surface area (TPSA) is 46.6 Å². The summed E-state index contributed by atoms with van der Waals surface area (Å²) >= 11 is 0. The standard InChI is InChI=1S/C18H23NO3/c20-12-15-7-2-4-10-17(15)22-13-18(21)19-11-5-8-14-6-1-3-9-16(14)19/h2,4,7,10,12,14,16H,1,3,5-6,8-9,11,13H2. The van der Waals surface area contributed by atoms with Gasteiger partial charge in [-0.15, -0.1) is 0 Å². The van der Waals surface area contributed by atoms with Gasteiger partial charge < -0.3 is 9.64 Å². The average Bonchev–Trinajstić information content (AvgIpc) is 2.59. The minimum atomic E-state index is 0.0219. The molecule has 0 N–H and O–H groups in total. The van der Waals surface area contributed by atoms with Crippen molar-refractivity contribution in [3.05, 3.63) is 29.8 Å². The molecule has 1 aromatic rings. The van der Waals surface area contributed by atoms with Crippen LogP contribution >= 0.6 is 0 Å². The average molecular weight is 301 g/mol. The first-order valence-electron chi connectivity index (χ1n) is 8.26. The summed E-state index contributed by atoms with van der Waals surface area (Å²) in [6, 6.07) is 7.43. The number of fused-ring (bicyclic) bond motifs is 1. The van der Waals surface area contributed by atoms with Gasteiger partial charge in [-0.05, 0) is 43.7 Å². The highest BCUT2D eigenvalue weighted by atomic mass is 16.5. The van der Waals surface area contributed by atoms with E-state index < -0.39 is 0 Å². The highest BCUT2D eigenvalue weighted by Gasteiger charge is 2.35. The predicted molar refractivity (Wildman–Crippen MR) is 84.0 cm³/mol. The number of para-hydroxylation sites is 1. The number of amides is 1. The number of piperidine rings is 1. The molecule has 1 aromatic carbocycles. The number of carbonyl (C=O) groups is 2. The monoisotopic (exact) mass is 301 g/mol. The van der Waals surface area contributed by atoms with Crippen LogP contribution in [0.4, 0.5) is 0 Å². The lowest BCUT2D eigenvalue weighted by atomic mass is 9.78. The normalized spacial score (nSPS) is 24.5. The zero-order chi connectivity index (χ0) is 15.4. The van der Waals surface area contributed by atoms with E-state index >= 15 is 0 Å².